The summed E-state index contributed by atoms with van der Waals surface area (Å²) in [5.74, 6) is -1.62. The van der Waals surface area contributed by atoms with Gasteiger partial charge in [-0.25, -0.2) is 0 Å². The number of nitrogens with one attached hydrogen (secondary N) is 1. The predicted octanol–water partition coefficient (Wildman–Crippen LogP) is 1.29. The average molecular weight is 390 g/mol. The highest BCUT2D eigenvalue weighted by Gasteiger charge is 2.66. The maximum atomic E-state index is 13.0. The summed E-state index contributed by atoms with van der Waals surface area (Å²) >= 11 is 0. The molecule has 8 nitrogen and oxygen atoms in total. The van der Waals surface area contributed by atoms with Crippen LogP contribution in [0.15, 0.2) is 18.2 Å². The van der Waals surface area contributed by atoms with Gasteiger partial charge in [0.05, 0.1) is 32.7 Å². The summed E-state index contributed by atoms with van der Waals surface area (Å²) < 4.78 is 15.9. The lowest BCUT2D eigenvalue weighted by atomic mass is 9.80. The molecule has 8 heteroatoms. The summed E-state index contributed by atoms with van der Waals surface area (Å²) in [6.07, 6.45) is 0. The van der Waals surface area contributed by atoms with Crippen LogP contribution < -0.4 is 14.8 Å². The number of esters is 1. The first kappa shape index (κ1) is 20.1. The Balaban J connectivity index is 2.09. The fourth-order valence-corrected chi connectivity index (χ4v) is 4.31. The van der Waals surface area contributed by atoms with Gasteiger partial charge in [-0.2, -0.15) is 0 Å². The van der Waals surface area contributed by atoms with E-state index in [2.05, 4.69) is 5.32 Å². The van der Waals surface area contributed by atoms with Gasteiger partial charge in [-0.05, 0) is 38.5 Å². The molecule has 2 heterocycles. The smallest absolute Gasteiger partial charge is 0.326 e. The van der Waals surface area contributed by atoms with Crippen LogP contribution in [0.2, 0.25) is 0 Å². The second kappa shape index (κ2) is 7.43. The summed E-state index contributed by atoms with van der Waals surface area (Å²) in [7, 11) is 3.07. The lowest BCUT2D eigenvalue weighted by Gasteiger charge is -2.29. The van der Waals surface area contributed by atoms with E-state index in [0.717, 1.165) is 5.56 Å². The Labute approximate surface area is 164 Å². The maximum absolute atomic E-state index is 13.0. The molecule has 0 aliphatic carbocycles. The quantitative estimate of drug-likeness (QED) is 0.578. The standard InChI is InChI=1S/C20H26N2O6/c1-6-22-17(23)14-15(18(22)24)20(3,19(25)28-7-2)21-16(14)11-8-9-12(26-4)13(10-11)27-5/h8-10,14-16,21H,6-7H2,1-5H3/t14-,15+,16-,20-/m1/s1. The van der Waals surface area contributed by atoms with Crippen LogP contribution >= 0.6 is 0 Å². The van der Waals surface area contributed by atoms with E-state index in [4.69, 9.17) is 14.2 Å². The van der Waals surface area contributed by atoms with Crippen LogP contribution in [0.4, 0.5) is 0 Å². The number of likely N-dealkylation sites (tertiary alicyclic amines) is 1. The van der Waals surface area contributed by atoms with Crippen molar-refractivity contribution in [3.8, 4) is 11.5 Å². The average Bonchev–Trinajstić information content (AvgIpc) is 3.15. The minimum atomic E-state index is -1.30. The molecule has 3 rings (SSSR count). The number of carbonyl (C=O) groups excluding carboxylic acids is 3. The van der Waals surface area contributed by atoms with Gasteiger partial charge in [0.15, 0.2) is 11.5 Å². The van der Waals surface area contributed by atoms with Crippen molar-refractivity contribution in [3.63, 3.8) is 0 Å². The molecule has 4 atom stereocenters. The molecule has 0 unspecified atom stereocenters. The van der Waals surface area contributed by atoms with Crippen LogP contribution in [-0.2, 0) is 19.1 Å². The van der Waals surface area contributed by atoms with Crippen molar-refractivity contribution in [2.75, 3.05) is 27.4 Å². The Morgan fingerprint density at radius 3 is 2.39 bits per heavy atom. The van der Waals surface area contributed by atoms with Crippen LogP contribution in [0.3, 0.4) is 0 Å². The van der Waals surface area contributed by atoms with E-state index in [-0.39, 0.29) is 25.0 Å². The van der Waals surface area contributed by atoms with Gasteiger partial charge in [-0.1, -0.05) is 6.07 Å². The number of methoxy groups -OCH3 is 2. The SMILES string of the molecule is CCOC(=O)[C@]1(C)N[C@H](c2ccc(OC)c(OC)c2)[C@@H]2C(=O)N(CC)C(=O)[C@H]21. The van der Waals surface area contributed by atoms with Gasteiger partial charge in [0.2, 0.25) is 11.8 Å². The van der Waals surface area contributed by atoms with Gasteiger partial charge < -0.3 is 14.2 Å². The Morgan fingerprint density at radius 1 is 1.14 bits per heavy atom. The van der Waals surface area contributed by atoms with Crippen LogP contribution in [0.25, 0.3) is 0 Å². The van der Waals surface area contributed by atoms with Crippen molar-refractivity contribution >= 4 is 17.8 Å². The molecular weight excluding hydrogens is 364 g/mol. The van der Waals surface area contributed by atoms with Crippen molar-refractivity contribution in [1.82, 2.24) is 10.2 Å². The fourth-order valence-electron chi connectivity index (χ4n) is 4.31. The molecule has 0 spiro atoms. The molecule has 0 aromatic heterocycles. The fraction of sp³-hybridized carbons (Fsp3) is 0.550. The topological polar surface area (TPSA) is 94.2 Å². The predicted molar refractivity (Wildman–Crippen MR) is 99.8 cm³/mol. The number of hydrogen-bond acceptors (Lipinski definition) is 7. The second-order valence-electron chi connectivity index (χ2n) is 7.08. The Bertz CT molecular complexity index is 810. The van der Waals surface area contributed by atoms with Crippen LogP contribution in [0.5, 0.6) is 11.5 Å². The van der Waals surface area contributed by atoms with E-state index in [1.165, 1.54) is 19.1 Å². The first-order chi connectivity index (χ1) is 13.3. The zero-order valence-corrected chi connectivity index (χ0v) is 16.8. The third-order valence-corrected chi connectivity index (χ3v) is 5.66. The third-order valence-electron chi connectivity index (χ3n) is 5.66. The Kier molecular flexibility index (Phi) is 5.34. The molecule has 28 heavy (non-hydrogen) atoms. The Morgan fingerprint density at radius 2 is 1.82 bits per heavy atom. The lowest BCUT2D eigenvalue weighted by molar-refractivity contribution is -0.155. The zero-order valence-electron chi connectivity index (χ0n) is 16.8. The first-order valence-electron chi connectivity index (χ1n) is 9.36. The molecule has 2 aliphatic rings. The molecular formula is C20H26N2O6. The molecule has 2 aliphatic heterocycles. The highest BCUT2D eigenvalue weighted by atomic mass is 16.5. The van der Waals surface area contributed by atoms with E-state index >= 15 is 0 Å². The summed E-state index contributed by atoms with van der Waals surface area (Å²) in [6, 6.07) is 4.77. The zero-order chi connectivity index (χ0) is 20.6. The number of amides is 2. The minimum Gasteiger partial charge on any atom is -0.493 e. The largest absolute Gasteiger partial charge is 0.493 e. The summed E-state index contributed by atoms with van der Waals surface area (Å²) in [5, 5.41) is 3.23. The molecule has 2 saturated heterocycles. The van der Waals surface area contributed by atoms with Crippen molar-refractivity contribution in [3.05, 3.63) is 23.8 Å². The van der Waals surface area contributed by atoms with Crippen molar-refractivity contribution < 1.29 is 28.6 Å². The lowest BCUT2D eigenvalue weighted by Crippen LogP contribution is -2.54. The van der Waals surface area contributed by atoms with Crippen molar-refractivity contribution in [2.24, 2.45) is 11.8 Å². The number of hydrogen-bond donors (Lipinski definition) is 1. The van der Waals surface area contributed by atoms with E-state index < -0.39 is 29.4 Å². The summed E-state index contributed by atoms with van der Waals surface area (Å²) in [4.78, 5) is 40.0. The normalized spacial score (nSPS) is 29.0. The van der Waals surface area contributed by atoms with E-state index in [1.54, 1.807) is 39.0 Å². The minimum absolute atomic E-state index is 0.189. The van der Waals surface area contributed by atoms with E-state index in [1.807, 2.05) is 0 Å². The molecule has 1 aromatic rings. The van der Waals surface area contributed by atoms with Gasteiger partial charge in [0, 0.05) is 12.6 Å². The molecule has 0 radical (unpaired) electrons. The monoisotopic (exact) mass is 390 g/mol. The van der Waals surface area contributed by atoms with Crippen LogP contribution in [0, 0.1) is 11.8 Å². The molecule has 1 N–H and O–H groups in total. The highest BCUT2D eigenvalue weighted by molar-refractivity contribution is 6.09. The first-order valence-corrected chi connectivity index (χ1v) is 9.36. The molecule has 2 amide bonds. The second-order valence-corrected chi connectivity index (χ2v) is 7.08. The van der Waals surface area contributed by atoms with Crippen LogP contribution in [-0.4, -0.2) is 55.6 Å². The molecule has 0 bridgehead atoms. The summed E-state index contributed by atoms with van der Waals surface area (Å²) in [5.41, 5.74) is -0.561. The number of imide groups is 1. The number of nitrogens with zero attached hydrogens (tertiary/aromatic N) is 1. The van der Waals surface area contributed by atoms with Crippen molar-refractivity contribution in [1.29, 1.82) is 0 Å². The van der Waals surface area contributed by atoms with Crippen LogP contribution in [0.1, 0.15) is 32.4 Å². The van der Waals surface area contributed by atoms with Crippen molar-refractivity contribution in [2.45, 2.75) is 32.4 Å². The van der Waals surface area contributed by atoms with Gasteiger partial charge in [0.1, 0.15) is 5.54 Å². The number of benzene rings is 1. The number of carbonyl (C=O) groups is 3. The highest BCUT2D eigenvalue weighted by Crippen LogP contribution is 2.49. The molecule has 2 fully saturated rings. The number of ether oxygens (including phenoxy) is 3. The van der Waals surface area contributed by atoms with E-state index in [9.17, 15) is 14.4 Å². The number of rotatable bonds is 6. The van der Waals surface area contributed by atoms with Gasteiger partial charge in [-0.3, -0.25) is 24.6 Å². The van der Waals surface area contributed by atoms with Gasteiger partial charge in [-0.15, -0.1) is 0 Å². The summed E-state index contributed by atoms with van der Waals surface area (Å²) in [6.45, 7) is 5.54. The Hall–Kier alpha value is -2.61. The molecule has 0 saturated carbocycles. The third kappa shape index (κ3) is 2.83. The number of fused-ring (bicyclic) bond motifs is 1. The maximum Gasteiger partial charge on any atom is 0.326 e. The van der Waals surface area contributed by atoms with E-state index in [0.29, 0.717) is 11.5 Å². The van der Waals surface area contributed by atoms with Gasteiger partial charge in [0.25, 0.3) is 0 Å². The molecule has 1 aromatic carbocycles. The van der Waals surface area contributed by atoms with Gasteiger partial charge >= 0.3 is 5.97 Å². The molecule has 152 valence electrons.